The largest absolute Gasteiger partial charge is 0.493 e. The van der Waals surface area contributed by atoms with E-state index in [2.05, 4.69) is 0 Å². The van der Waals surface area contributed by atoms with Gasteiger partial charge in [-0.1, -0.05) is 11.6 Å². The molecule has 0 amide bonds. The van der Waals surface area contributed by atoms with Crippen molar-refractivity contribution in [3.8, 4) is 17.6 Å². The Balaban J connectivity index is 3.28. The fraction of sp³-hybridized carbons (Fsp3) is 0.222. The molecule has 0 aromatic heterocycles. The van der Waals surface area contributed by atoms with Crippen LogP contribution in [0.1, 0.15) is 5.56 Å². The molecule has 0 aliphatic carbocycles. The summed E-state index contributed by atoms with van der Waals surface area (Å²) in [5, 5.41) is 9.03. The zero-order valence-corrected chi connectivity index (χ0v) is 8.05. The Kier molecular flexibility index (Phi) is 2.99. The van der Waals surface area contributed by atoms with Crippen molar-refractivity contribution in [3.05, 3.63) is 22.7 Å². The summed E-state index contributed by atoms with van der Waals surface area (Å²) in [6.07, 6.45) is 0. The van der Waals surface area contributed by atoms with Crippen LogP contribution in [0, 0.1) is 11.3 Å². The van der Waals surface area contributed by atoms with E-state index in [9.17, 15) is 0 Å². The van der Waals surface area contributed by atoms with Crippen molar-refractivity contribution in [2.75, 3.05) is 14.2 Å². The quantitative estimate of drug-likeness (QED) is 0.730. The van der Waals surface area contributed by atoms with Crippen molar-refractivity contribution in [1.82, 2.24) is 0 Å². The number of rotatable bonds is 2. The predicted molar refractivity (Wildman–Crippen MR) is 49.3 cm³/mol. The highest BCUT2D eigenvalue weighted by molar-refractivity contribution is 6.31. The number of methoxy groups -OCH3 is 2. The molecule has 0 saturated heterocycles. The lowest BCUT2D eigenvalue weighted by Crippen LogP contribution is -1.91. The van der Waals surface area contributed by atoms with E-state index >= 15 is 0 Å². The van der Waals surface area contributed by atoms with Gasteiger partial charge in [0.05, 0.1) is 24.8 Å². The molecule has 13 heavy (non-hydrogen) atoms. The number of ether oxygens (including phenoxy) is 2. The van der Waals surface area contributed by atoms with Gasteiger partial charge in [-0.3, -0.25) is 0 Å². The van der Waals surface area contributed by atoms with Gasteiger partial charge in [-0.25, -0.2) is 0 Å². The maximum atomic E-state index is 8.67. The van der Waals surface area contributed by atoms with Crippen LogP contribution in [0.2, 0.25) is 5.02 Å². The lowest BCUT2D eigenvalue weighted by atomic mass is 10.2. The van der Waals surface area contributed by atoms with E-state index in [0.717, 1.165) is 0 Å². The van der Waals surface area contributed by atoms with Crippen molar-refractivity contribution in [2.45, 2.75) is 0 Å². The summed E-state index contributed by atoms with van der Waals surface area (Å²) in [5.41, 5.74) is 0.374. The molecule has 0 fully saturated rings. The fourth-order valence-corrected chi connectivity index (χ4v) is 1.14. The molecule has 0 aliphatic rings. The second kappa shape index (κ2) is 4.01. The van der Waals surface area contributed by atoms with Gasteiger partial charge < -0.3 is 9.47 Å². The first-order valence-corrected chi connectivity index (χ1v) is 3.92. The normalized spacial score (nSPS) is 9.08. The Morgan fingerprint density at radius 2 is 1.77 bits per heavy atom. The SMILES string of the molecule is COc1cc(Cl)c(C#N)cc1OC. The Morgan fingerprint density at radius 1 is 1.23 bits per heavy atom. The van der Waals surface area contributed by atoms with Gasteiger partial charge in [0.25, 0.3) is 0 Å². The van der Waals surface area contributed by atoms with Crippen LogP contribution in [0.25, 0.3) is 0 Å². The average Bonchev–Trinajstić information content (AvgIpc) is 2.17. The molecule has 0 N–H and O–H groups in total. The molecule has 3 nitrogen and oxygen atoms in total. The van der Waals surface area contributed by atoms with Crippen molar-refractivity contribution in [3.63, 3.8) is 0 Å². The summed E-state index contributed by atoms with van der Waals surface area (Å²) in [4.78, 5) is 0. The van der Waals surface area contributed by atoms with Gasteiger partial charge >= 0.3 is 0 Å². The van der Waals surface area contributed by atoms with E-state index in [1.807, 2.05) is 6.07 Å². The van der Waals surface area contributed by atoms with Gasteiger partial charge in [0.15, 0.2) is 11.5 Å². The van der Waals surface area contributed by atoms with Crippen LogP contribution < -0.4 is 9.47 Å². The Bertz CT molecular complexity index is 357. The van der Waals surface area contributed by atoms with E-state index < -0.39 is 0 Å². The number of nitrogens with zero attached hydrogens (tertiary/aromatic N) is 1. The minimum Gasteiger partial charge on any atom is -0.493 e. The molecular formula is C9H8ClNO2. The minimum atomic E-state index is 0.361. The molecule has 68 valence electrons. The third kappa shape index (κ3) is 1.85. The van der Waals surface area contributed by atoms with E-state index in [0.29, 0.717) is 22.1 Å². The predicted octanol–water partition coefficient (Wildman–Crippen LogP) is 2.23. The Labute approximate surface area is 81.4 Å². The number of nitriles is 1. The summed E-state index contributed by atoms with van der Waals surface area (Å²) in [6, 6.07) is 5.05. The van der Waals surface area contributed by atoms with E-state index in [-0.39, 0.29) is 0 Å². The Morgan fingerprint density at radius 3 is 2.23 bits per heavy atom. The minimum absolute atomic E-state index is 0.361. The summed E-state index contributed by atoms with van der Waals surface area (Å²) >= 11 is 5.78. The van der Waals surface area contributed by atoms with Gasteiger partial charge in [-0.15, -0.1) is 0 Å². The number of benzene rings is 1. The molecule has 0 bridgehead atoms. The third-order valence-corrected chi connectivity index (χ3v) is 1.91. The molecule has 1 aromatic carbocycles. The monoisotopic (exact) mass is 197 g/mol. The first-order valence-electron chi connectivity index (χ1n) is 3.54. The average molecular weight is 198 g/mol. The molecule has 0 aliphatic heterocycles. The third-order valence-electron chi connectivity index (χ3n) is 1.59. The molecule has 0 spiro atoms. The highest BCUT2D eigenvalue weighted by atomic mass is 35.5. The zero-order chi connectivity index (χ0) is 9.84. The molecule has 0 radical (unpaired) electrons. The fourth-order valence-electron chi connectivity index (χ4n) is 0.940. The number of hydrogen-bond donors (Lipinski definition) is 0. The molecule has 0 saturated carbocycles. The first kappa shape index (κ1) is 9.69. The standard InChI is InChI=1S/C9H8ClNO2/c1-12-8-3-6(5-11)7(10)4-9(8)13-2/h3-4H,1-2H3. The maximum absolute atomic E-state index is 8.67. The zero-order valence-electron chi connectivity index (χ0n) is 7.30. The highest BCUT2D eigenvalue weighted by Crippen LogP contribution is 2.32. The molecule has 1 aromatic rings. The molecular weight excluding hydrogens is 190 g/mol. The second-order valence-electron chi connectivity index (χ2n) is 2.30. The lowest BCUT2D eigenvalue weighted by Gasteiger charge is -2.07. The topological polar surface area (TPSA) is 42.2 Å². The van der Waals surface area contributed by atoms with Gasteiger partial charge in [0.2, 0.25) is 0 Å². The van der Waals surface area contributed by atoms with Crippen LogP contribution in [-0.4, -0.2) is 14.2 Å². The number of halogens is 1. The molecule has 1 rings (SSSR count). The summed E-state index contributed by atoms with van der Waals surface area (Å²) in [7, 11) is 3.02. The van der Waals surface area contributed by atoms with E-state index in [1.165, 1.54) is 14.2 Å². The van der Waals surface area contributed by atoms with Crippen LogP contribution in [0.4, 0.5) is 0 Å². The molecule has 4 heteroatoms. The van der Waals surface area contributed by atoms with Gasteiger partial charge in [0, 0.05) is 12.1 Å². The van der Waals surface area contributed by atoms with Crippen LogP contribution in [-0.2, 0) is 0 Å². The van der Waals surface area contributed by atoms with Gasteiger partial charge in [0.1, 0.15) is 6.07 Å². The van der Waals surface area contributed by atoms with E-state index in [4.69, 9.17) is 26.3 Å². The van der Waals surface area contributed by atoms with Crippen LogP contribution in [0.5, 0.6) is 11.5 Å². The molecule has 0 heterocycles. The highest BCUT2D eigenvalue weighted by Gasteiger charge is 2.08. The van der Waals surface area contributed by atoms with Gasteiger partial charge in [-0.05, 0) is 0 Å². The van der Waals surface area contributed by atoms with E-state index in [1.54, 1.807) is 12.1 Å². The number of hydrogen-bond acceptors (Lipinski definition) is 3. The smallest absolute Gasteiger partial charge is 0.162 e. The van der Waals surface area contributed by atoms with Crippen molar-refractivity contribution >= 4 is 11.6 Å². The van der Waals surface area contributed by atoms with Crippen LogP contribution >= 0.6 is 11.6 Å². The van der Waals surface area contributed by atoms with Crippen LogP contribution in [0.15, 0.2) is 12.1 Å². The van der Waals surface area contributed by atoms with Crippen molar-refractivity contribution in [1.29, 1.82) is 5.26 Å². The Hall–Kier alpha value is -1.40. The summed E-state index contributed by atoms with van der Waals surface area (Å²) in [5.74, 6) is 1.02. The summed E-state index contributed by atoms with van der Waals surface area (Å²) in [6.45, 7) is 0. The van der Waals surface area contributed by atoms with Crippen molar-refractivity contribution < 1.29 is 9.47 Å². The lowest BCUT2D eigenvalue weighted by molar-refractivity contribution is 0.355. The maximum Gasteiger partial charge on any atom is 0.162 e. The summed E-state index contributed by atoms with van der Waals surface area (Å²) < 4.78 is 10.00. The first-order chi connectivity index (χ1) is 6.22. The van der Waals surface area contributed by atoms with Gasteiger partial charge in [-0.2, -0.15) is 5.26 Å². The molecule has 0 unspecified atom stereocenters. The molecule has 0 atom stereocenters. The van der Waals surface area contributed by atoms with Crippen molar-refractivity contribution in [2.24, 2.45) is 0 Å². The second-order valence-corrected chi connectivity index (χ2v) is 2.71. The van der Waals surface area contributed by atoms with Crippen LogP contribution in [0.3, 0.4) is 0 Å².